The van der Waals surface area contributed by atoms with Gasteiger partial charge >= 0.3 is 0 Å². The first-order valence-corrected chi connectivity index (χ1v) is 28.6. The first-order chi connectivity index (χ1) is 31.5. The Labute approximate surface area is 402 Å². The second-order valence-electron chi connectivity index (χ2n) is 19.6. The lowest BCUT2D eigenvalue weighted by Gasteiger charge is -2.29. The quantitative estimate of drug-likeness (QED) is 0.0272. The molecule has 0 aliphatic heterocycles. The third-order valence-electron chi connectivity index (χ3n) is 11.9. The molecule has 3 atom stereocenters. The summed E-state index contributed by atoms with van der Waals surface area (Å²) in [4.78, 5) is 25.4. The third kappa shape index (κ3) is 49.9. The van der Waals surface area contributed by atoms with Gasteiger partial charge in [0.1, 0.15) is 13.2 Å². The van der Waals surface area contributed by atoms with E-state index in [0.717, 1.165) is 64.2 Å². The number of aliphatic hydroxyl groups excluding tert-OH is 1. The van der Waals surface area contributed by atoms with Crippen LogP contribution in [0.2, 0.25) is 0 Å². The van der Waals surface area contributed by atoms with Gasteiger partial charge in [0.25, 0.3) is 7.82 Å². The lowest BCUT2D eigenvalue weighted by atomic mass is 10.0. The number of allylic oxidation sites excluding steroid dienone is 9. The number of quaternary nitrogens is 1. The fraction of sp³-hybridized carbons (Fsp3) is 0.804. The number of carbonyl (C=O) groups excluding carboxylic acids is 1. The van der Waals surface area contributed by atoms with Crippen molar-refractivity contribution in [1.82, 2.24) is 5.32 Å². The van der Waals surface area contributed by atoms with Crippen molar-refractivity contribution in [3.8, 4) is 0 Å². The maximum absolute atomic E-state index is 12.9. The van der Waals surface area contributed by atoms with Crippen LogP contribution in [0.25, 0.3) is 0 Å². The molecule has 0 aromatic heterocycles. The summed E-state index contributed by atoms with van der Waals surface area (Å²) < 4.78 is 23.3. The SMILES string of the molecule is CCCCC/C=C\C/C=C\CCCCCCCCCC(=O)NC(COP(=O)([O-])OCC[N+](C)(C)C)C(O)/C=C/CC/C=C/CC/C=C/CCCCCCCCCCCCCCCCCC. The Morgan fingerprint density at radius 1 is 0.538 bits per heavy atom. The van der Waals surface area contributed by atoms with E-state index >= 15 is 0 Å². The molecule has 3 unspecified atom stereocenters. The predicted molar refractivity (Wildman–Crippen MR) is 279 cm³/mol. The van der Waals surface area contributed by atoms with Gasteiger partial charge in [-0.3, -0.25) is 9.36 Å². The summed E-state index contributed by atoms with van der Waals surface area (Å²) in [6.45, 7) is 4.60. The van der Waals surface area contributed by atoms with Crippen molar-refractivity contribution in [1.29, 1.82) is 0 Å². The molecular formula is C56H105N2O6P. The lowest BCUT2D eigenvalue weighted by molar-refractivity contribution is -0.870. The minimum Gasteiger partial charge on any atom is -0.756 e. The van der Waals surface area contributed by atoms with Gasteiger partial charge in [0.15, 0.2) is 0 Å². The minimum absolute atomic E-state index is 0.0126. The van der Waals surface area contributed by atoms with Crippen LogP contribution >= 0.6 is 7.82 Å². The molecule has 0 aliphatic carbocycles. The van der Waals surface area contributed by atoms with Gasteiger partial charge in [-0.15, -0.1) is 0 Å². The highest BCUT2D eigenvalue weighted by Crippen LogP contribution is 2.38. The molecule has 0 saturated heterocycles. The highest BCUT2D eigenvalue weighted by molar-refractivity contribution is 7.45. The monoisotopic (exact) mass is 933 g/mol. The molecule has 380 valence electrons. The highest BCUT2D eigenvalue weighted by Gasteiger charge is 2.23. The van der Waals surface area contributed by atoms with Crippen molar-refractivity contribution < 1.29 is 32.9 Å². The Morgan fingerprint density at radius 2 is 0.908 bits per heavy atom. The molecule has 0 bridgehead atoms. The van der Waals surface area contributed by atoms with E-state index in [4.69, 9.17) is 9.05 Å². The summed E-state index contributed by atoms with van der Waals surface area (Å²) in [5.74, 6) is -0.220. The molecule has 0 aromatic rings. The number of phosphoric acid groups is 1. The standard InChI is InChI=1S/C56H105N2O6P/c1-6-8-10-12-14-16-18-20-22-24-25-26-27-28-29-30-31-32-34-35-37-39-41-43-45-47-49-55(59)54(53-64-65(61,62)63-52-51-58(3,4)5)57-56(60)50-48-46-44-42-40-38-36-33-23-21-19-17-15-13-11-9-7-2/h15,17,21,23,32,34,39,41,47,49,54-55,59H,6-14,16,18-20,22,24-31,33,35-38,40,42-46,48,50-53H2,1-5H3,(H-,57,60,61,62)/b17-15-,23-21-,34-32+,41-39+,49-47+. The van der Waals surface area contributed by atoms with Crippen LogP contribution in [0, 0.1) is 0 Å². The number of amides is 1. The van der Waals surface area contributed by atoms with Crippen LogP contribution in [0.5, 0.6) is 0 Å². The second kappa shape index (κ2) is 47.3. The van der Waals surface area contributed by atoms with Crippen molar-refractivity contribution in [3.63, 3.8) is 0 Å². The van der Waals surface area contributed by atoms with Crippen LogP contribution in [0.4, 0.5) is 0 Å². The maximum atomic E-state index is 12.9. The van der Waals surface area contributed by atoms with Crippen LogP contribution in [0.1, 0.15) is 239 Å². The van der Waals surface area contributed by atoms with E-state index in [1.54, 1.807) is 6.08 Å². The van der Waals surface area contributed by atoms with Crippen LogP contribution < -0.4 is 10.2 Å². The van der Waals surface area contributed by atoms with Crippen molar-refractivity contribution in [2.45, 2.75) is 251 Å². The zero-order chi connectivity index (χ0) is 47.8. The second-order valence-corrected chi connectivity index (χ2v) is 21.0. The number of aliphatic hydroxyl groups is 1. The van der Waals surface area contributed by atoms with Gasteiger partial charge in [0.2, 0.25) is 5.91 Å². The Hall–Kier alpha value is -1.80. The van der Waals surface area contributed by atoms with Crippen molar-refractivity contribution in [2.24, 2.45) is 0 Å². The van der Waals surface area contributed by atoms with Gasteiger partial charge < -0.3 is 28.8 Å². The fourth-order valence-corrected chi connectivity index (χ4v) is 8.35. The number of rotatable bonds is 49. The number of likely N-dealkylation sites (N-methyl/N-ethyl adjacent to an activating group) is 1. The van der Waals surface area contributed by atoms with Gasteiger partial charge in [-0.25, -0.2) is 0 Å². The first-order valence-electron chi connectivity index (χ1n) is 27.2. The summed E-state index contributed by atoms with van der Waals surface area (Å²) in [6.07, 6.45) is 62.9. The van der Waals surface area contributed by atoms with Crippen LogP contribution in [-0.2, 0) is 18.4 Å². The highest BCUT2D eigenvalue weighted by atomic mass is 31.2. The number of nitrogens with zero attached hydrogens (tertiary/aromatic N) is 1. The van der Waals surface area contributed by atoms with Crippen molar-refractivity contribution in [2.75, 3.05) is 40.9 Å². The average molecular weight is 933 g/mol. The summed E-state index contributed by atoms with van der Waals surface area (Å²) >= 11 is 0. The number of hydrogen-bond donors (Lipinski definition) is 2. The summed E-state index contributed by atoms with van der Waals surface area (Å²) in [6, 6.07) is -0.916. The number of unbranched alkanes of at least 4 members (excludes halogenated alkanes) is 28. The first kappa shape index (κ1) is 63.2. The van der Waals surface area contributed by atoms with Gasteiger partial charge in [-0.1, -0.05) is 216 Å². The van der Waals surface area contributed by atoms with E-state index in [1.165, 1.54) is 154 Å². The van der Waals surface area contributed by atoms with Gasteiger partial charge in [-0.2, -0.15) is 0 Å². The molecule has 0 rings (SSSR count). The molecule has 65 heavy (non-hydrogen) atoms. The Kier molecular flexibility index (Phi) is 46.0. The van der Waals surface area contributed by atoms with Gasteiger partial charge in [-0.05, 0) is 77.0 Å². The molecule has 0 spiro atoms. The zero-order valence-electron chi connectivity index (χ0n) is 43.2. The van der Waals surface area contributed by atoms with E-state index in [-0.39, 0.29) is 12.5 Å². The van der Waals surface area contributed by atoms with Crippen molar-refractivity contribution in [3.05, 3.63) is 60.8 Å². The normalized spacial score (nSPS) is 14.5. The molecule has 1 amide bonds. The topological polar surface area (TPSA) is 108 Å². The van der Waals surface area contributed by atoms with Gasteiger partial charge in [0, 0.05) is 6.42 Å². The van der Waals surface area contributed by atoms with Gasteiger partial charge in [0.05, 0.1) is 39.9 Å². The van der Waals surface area contributed by atoms with Crippen LogP contribution in [0.15, 0.2) is 60.8 Å². The molecule has 0 aromatic carbocycles. The van der Waals surface area contributed by atoms with E-state index < -0.39 is 26.6 Å². The molecule has 0 aliphatic rings. The minimum atomic E-state index is -4.61. The number of nitrogens with one attached hydrogen (secondary N) is 1. The largest absolute Gasteiger partial charge is 0.756 e. The molecule has 0 fully saturated rings. The third-order valence-corrected chi connectivity index (χ3v) is 12.9. The fourth-order valence-electron chi connectivity index (χ4n) is 7.63. The Balaban J connectivity index is 4.34. The summed E-state index contributed by atoms with van der Waals surface area (Å²) in [7, 11) is 1.23. The molecule has 0 heterocycles. The summed E-state index contributed by atoms with van der Waals surface area (Å²) in [5, 5.41) is 13.8. The van der Waals surface area contributed by atoms with E-state index in [9.17, 15) is 19.4 Å². The molecule has 0 saturated carbocycles. The smallest absolute Gasteiger partial charge is 0.268 e. The average Bonchev–Trinajstić information content (AvgIpc) is 3.26. The molecule has 9 heteroatoms. The number of carbonyl (C=O) groups is 1. The Bertz CT molecular complexity index is 1240. The number of hydrogen-bond acceptors (Lipinski definition) is 6. The lowest BCUT2D eigenvalue weighted by Crippen LogP contribution is -2.45. The molecule has 0 radical (unpaired) electrons. The molecular weight excluding hydrogens is 828 g/mol. The van der Waals surface area contributed by atoms with Crippen LogP contribution in [-0.4, -0.2) is 68.5 Å². The zero-order valence-corrected chi connectivity index (χ0v) is 44.1. The maximum Gasteiger partial charge on any atom is 0.268 e. The summed E-state index contributed by atoms with van der Waals surface area (Å²) in [5.41, 5.74) is 0. The Morgan fingerprint density at radius 3 is 1.37 bits per heavy atom. The number of phosphoric ester groups is 1. The van der Waals surface area contributed by atoms with E-state index in [2.05, 4.69) is 67.8 Å². The predicted octanol–water partition coefficient (Wildman–Crippen LogP) is 15.5. The van der Waals surface area contributed by atoms with Crippen molar-refractivity contribution >= 4 is 13.7 Å². The molecule has 8 nitrogen and oxygen atoms in total. The van der Waals surface area contributed by atoms with Crippen LogP contribution in [0.3, 0.4) is 0 Å². The molecule has 2 N–H and O–H groups in total. The van der Waals surface area contributed by atoms with E-state index in [0.29, 0.717) is 17.4 Å². The van der Waals surface area contributed by atoms with E-state index in [1.807, 2.05) is 27.2 Å².